The van der Waals surface area contributed by atoms with Crippen molar-refractivity contribution in [2.24, 2.45) is 0 Å². The first kappa shape index (κ1) is 18.3. The molecule has 0 aliphatic rings. The fourth-order valence-corrected chi connectivity index (χ4v) is 2.75. The molecule has 0 aromatic heterocycles. The van der Waals surface area contributed by atoms with Crippen LogP contribution in [0, 0.1) is 5.82 Å². The lowest BCUT2D eigenvalue weighted by atomic mass is 10.1. The zero-order valence-electron chi connectivity index (χ0n) is 13.8. The highest BCUT2D eigenvalue weighted by molar-refractivity contribution is 9.10. The van der Waals surface area contributed by atoms with Gasteiger partial charge in [-0.1, -0.05) is 22.0 Å². The summed E-state index contributed by atoms with van der Waals surface area (Å²) in [6.07, 6.45) is 0.119. The van der Waals surface area contributed by atoms with Crippen LogP contribution in [0.3, 0.4) is 0 Å². The van der Waals surface area contributed by atoms with E-state index in [-0.39, 0.29) is 18.1 Å². The fraction of sp³-hybridized carbons (Fsp3) is 0.278. The van der Waals surface area contributed by atoms with Gasteiger partial charge < -0.3 is 14.4 Å². The quantitative estimate of drug-likeness (QED) is 0.746. The Kier molecular flexibility index (Phi) is 6.20. The van der Waals surface area contributed by atoms with Crippen LogP contribution in [0.1, 0.15) is 11.1 Å². The molecule has 0 unspecified atom stereocenters. The molecule has 4 nitrogen and oxygen atoms in total. The van der Waals surface area contributed by atoms with Crippen molar-refractivity contribution in [1.82, 2.24) is 4.90 Å². The number of ether oxygens (including phenoxy) is 2. The smallest absolute Gasteiger partial charge is 0.227 e. The highest BCUT2D eigenvalue weighted by Crippen LogP contribution is 2.24. The number of carbonyl (C=O) groups excluding carboxylic acids is 1. The van der Waals surface area contributed by atoms with Gasteiger partial charge in [-0.2, -0.15) is 0 Å². The Morgan fingerprint density at radius 1 is 1.12 bits per heavy atom. The van der Waals surface area contributed by atoms with Crippen molar-refractivity contribution in [3.63, 3.8) is 0 Å². The van der Waals surface area contributed by atoms with Crippen molar-refractivity contribution in [3.8, 4) is 11.5 Å². The summed E-state index contributed by atoms with van der Waals surface area (Å²) in [6.45, 7) is 0.403. The van der Waals surface area contributed by atoms with Crippen LogP contribution in [-0.2, 0) is 17.8 Å². The van der Waals surface area contributed by atoms with Crippen molar-refractivity contribution < 1.29 is 18.7 Å². The molecule has 0 radical (unpaired) electrons. The minimum absolute atomic E-state index is 0.110. The number of halogens is 2. The molecule has 0 spiro atoms. The fourth-order valence-electron chi connectivity index (χ4n) is 2.34. The van der Waals surface area contributed by atoms with E-state index in [4.69, 9.17) is 9.47 Å². The largest absolute Gasteiger partial charge is 0.496 e. The zero-order valence-corrected chi connectivity index (χ0v) is 15.4. The Hall–Kier alpha value is -2.08. The minimum Gasteiger partial charge on any atom is -0.496 e. The van der Waals surface area contributed by atoms with E-state index in [1.807, 2.05) is 18.2 Å². The summed E-state index contributed by atoms with van der Waals surface area (Å²) >= 11 is 3.42. The molecule has 0 N–H and O–H groups in total. The number of methoxy groups -OCH3 is 2. The molecule has 0 fully saturated rings. The Morgan fingerprint density at radius 2 is 1.79 bits per heavy atom. The Bertz CT molecular complexity index is 736. The molecule has 6 heteroatoms. The van der Waals surface area contributed by atoms with E-state index in [1.165, 1.54) is 19.2 Å². The van der Waals surface area contributed by atoms with Gasteiger partial charge in [-0.3, -0.25) is 4.79 Å². The number of nitrogens with zero attached hydrogens (tertiary/aromatic N) is 1. The molecule has 1 amide bonds. The van der Waals surface area contributed by atoms with Gasteiger partial charge in [-0.15, -0.1) is 0 Å². The molecule has 0 saturated carbocycles. The number of hydrogen-bond donors (Lipinski definition) is 0. The van der Waals surface area contributed by atoms with Crippen LogP contribution in [0.25, 0.3) is 0 Å². The van der Waals surface area contributed by atoms with Crippen LogP contribution < -0.4 is 9.47 Å². The summed E-state index contributed by atoms with van der Waals surface area (Å²) in [7, 11) is 4.71. The lowest BCUT2D eigenvalue weighted by Crippen LogP contribution is -2.28. The van der Waals surface area contributed by atoms with Crippen LogP contribution in [-0.4, -0.2) is 32.1 Å². The van der Waals surface area contributed by atoms with E-state index in [0.29, 0.717) is 17.9 Å². The van der Waals surface area contributed by atoms with E-state index < -0.39 is 5.82 Å². The van der Waals surface area contributed by atoms with Crippen molar-refractivity contribution in [3.05, 3.63) is 57.8 Å². The van der Waals surface area contributed by atoms with Gasteiger partial charge >= 0.3 is 0 Å². The lowest BCUT2D eigenvalue weighted by Gasteiger charge is -2.19. The van der Waals surface area contributed by atoms with Crippen LogP contribution in [0.2, 0.25) is 0 Å². The number of likely N-dealkylation sites (N-methyl/N-ethyl adjacent to an activating group) is 1. The van der Waals surface area contributed by atoms with Crippen LogP contribution in [0.4, 0.5) is 4.39 Å². The van der Waals surface area contributed by atoms with Crippen LogP contribution in [0.15, 0.2) is 40.9 Å². The van der Waals surface area contributed by atoms with E-state index in [0.717, 1.165) is 10.0 Å². The number of hydrogen-bond acceptors (Lipinski definition) is 3. The maximum absolute atomic E-state index is 13.7. The van der Waals surface area contributed by atoms with E-state index in [2.05, 4.69) is 15.9 Å². The van der Waals surface area contributed by atoms with E-state index in [9.17, 15) is 9.18 Å². The van der Waals surface area contributed by atoms with Gasteiger partial charge in [-0.05, 0) is 35.9 Å². The summed E-state index contributed by atoms with van der Waals surface area (Å²) in [5, 5.41) is 0. The topological polar surface area (TPSA) is 38.8 Å². The third-order valence-corrected chi connectivity index (χ3v) is 4.14. The molecular weight excluding hydrogens is 377 g/mol. The first-order chi connectivity index (χ1) is 11.4. The van der Waals surface area contributed by atoms with Gasteiger partial charge in [-0.25, -0.2) is 4.39 Å². The summed E-state index contributed by atoms with van der Waals surface area (Å²) in [6, 6.07) is 10.2. The van der Waals surface area contributed by atoms with Gasteiger partial charge in [0, 0.05) is 23.6 Å². The summed E-state index contributed by atoms with van der Waals surface area (Å²) < 4.78 is 24.8. The molecule has 2 rings (SSSR count). The molecule has 0 saturated heterocycles. The molecule has 128 valence electrons. The van der Waals surface area contributed by atoms with Crippen LogP contribution in [0.5, 0.6) is 11.5 Å². The van der Waals surface area contributed by atoms with Crippen molar-refractivity contribution >= 4 is 21.8 Å². The predicted molar refractivity (Wildman–Crippen MR) is 93.8 cm³/mol. The summed E-state index contributed by atoms with van der Waals surface area (Å²) in [5.41, 5.74) is 1.50. The monoisotopic (exact) mass is 395 g/mol. The standard InChI is InChI=1S/C18H19BrFNO3/c1-21(11-13-10-14(19)5-7-16(13)23-2)18(22)9-12-4-6-17(24-3)15(20)8-12/h4-8,10H,9,11H2,1-3H3. The average molecular weight is 396 g/mol. The molecule has 0 bridgehead atoms. The SMILES string of the molecule is COc1ccc(CC(=O)N(C)Cc2cc(Br)ccc2OC)cc1F. The molecule has 24 heavy (non-hydrogen) atoms. The van der Waals surface area contributed by atoms with Gasteiger partial charge in [0.15, 0.2) is 11.6 Å². The minimum atomic E-state index is -0.473. The molecule has 0 heterocycles. The molecule has 2 aromatic carbocycles. The number of amides is 1. The molecular formula is C18H19BrFNO3. The summed E-state index contributed by atoms with van der Waals surface area (Å²) in [4.78, 5) is 14.0. The van der Waals surface area contributed by atoms with Gasteiger partial charge in [0.2, 0.25) is 5.91 Å². The van der Waals surface area contributed by atoms with Gasteiger partial charge in [0.25, 0.3) is 0 Å². The second-order valence-corrected chi connectivity index (χ2v) is 6.27. The Morgan fingerprint density at radius 3 is 2.42 bits per heavy atom. The second kappa shape index (κ2) is 8.15. The van der Waals surface area contributed by atoms with Crippen molar-refractivity contribution in [1.29, 1.82) is 0 Å². The molecule has 0 atom stereocenters. The van der Waals surface area contributed by atoms with Crippen molar-refractivity contribution in [2.45, 2.75) is 13.0 Å². The predicted octanol–water partition coefficient (Wildman–Crippen LogP) is 3.81. The van der Waals surface area contributed by atoms with E-state index >= 15 is 0 Å². The Balaban J connectivity index is 2.07. The van der Waals surface area contributed by atoms with E-state index in [1.54, 1.807) is 25.1 Å². The molecule has 2 aromatic rings. The average Bonchev–Trinajstić information content (AvgIpc) is 2.55. The first-order valence-electron chi connectivity index (χ1n) is 7.33. The highest BCUT2D eigenvalue weighted by Gasteiger charge is 2.14. The maximum Gasteiger partial charge on any atom is 0.227 e. The zero-order chi connectivity index (χ0) is 17.7. The molecule has 0 aliphatic carbocycles. The highest BCUT2D eigenvalue weighted by atomic mass is 79.9. The maximum atomic E-state index is 13.7. The lowest BCUT2D eigenvalue weighted by molar-refractivity contribution is -0.129. The second-order valence-electron chi connectivity index (χ2n) is 5.35. The third-order valence-electron chi connectivity index (χ3n) is 3.65. The Labute approximate surface area is 149 Å². The molecule has 0 aliphatic heterocycles. The number of carbonyl (C=O) groups is 1. The normalized spacial score (nSPS) is 10.4. The van der Waals surface area contributed by atoms with Crippen molar-refractivity contribution in [2.75, 3.05) is 21.3 Å². The summed E-state index contributed by atoms with van der Waals surface area (Å²) in [5.74, 6) is 0.299. The number of benzene rings is 2. The van der Waals surface area contributed by atoms with Crippen LogP contribution >= 0.6 is 15.9 Å². The van der Waals surface area contributed by atoms with Gasteiger partial charge in [0.1, 0.15) is 5.75 Å². The number of rotatable bonds is 6. The third kappa shape index (κ3) is 4.47. The van der Waals surface area contributed by atoms with Gasteiger partial charge in [0.05, 0.1) is 20.6 Å². The first-order valence-corrected chi connectivity index (χ1v) is 8.12.